The Kier molecular flexibility index (Phi) is 4.08. The summed E-state index contributed by atoms with van der Waals surface area (Å²) in [7, 11) is 1.60. The van der Waals surface area contributed by atoms with Crippen LogP contribution in [0.1, 0.15) is 22.3 Å². The van der Waals surface area contributed by atoms with Gasteiger partial charge in [-0.25, -0.2) is 0 Å². The van der Waals surface area contributed by atoms with Gasteiger partial charge in [-0.05, 0) is 12.1 Å². The minimum absolute atomic E-state index is 0.190. The first-order valence-corrected chi connectivity index (χ1v) is 5.41. The number of rotatable bonds is 6. The van der Waals surface area contributed by atoms with E-state index in [1.165, 1.54) is 6.26 Å². The molecule has 1 N–H and O–H groups in total. The summed E-state index contributed by atoms with van der Waals surface area (Å²) in [5.74, 6) is 0.835. The molecule has 0 radical (unpaired) electrons. The number of nitrogens with one attached hydrogen (secondary N) is 1. The van der Waals surface area contributed by atoms with Gasteiger partial charge in [0.1, 0.15) is 0 Å². The summed E-state index contributed by atoms with van der Waals surface area (Å²) in [6.07, 6.45) is 1.99. The first kappa shape index (κ1) is 12.3. The molecule has 7 nitrogen and oxygen atoms in total. The molecule has 0 aliphatic heterocycles. The monoisotopic (exact) mass is 251 g/mol. The fourth-order valence-electron chi connectivity index (χ4n) is 1.31. The molecule has 2 rings (SSSR count). The van der Waals surface area contributed by atoms with Crippen LogP contribution in [0.15, 0.2) is 27.3 Å². The van der Waals surface area contributed by atoms with Gasteiger partial charge >= 0.3 is 0 Å². The number of amides is 1. The van der Waals surface area contributed by atoms with E-state index in [1.54, 1.807) is 19.2 Å². The van der Waals surface area contributed by atoms with Gasteiger partial charge in [-0.15, -0.1) is 0 Å². The van der Waals surface area contributed by atoms with Gasteiger partial charge in [0.25, 0.3) is 5.91 Å². The normalized spacial score (nSPS) is 10.5. The summed E-state index contributed by atoms with van der Waals surface area (Å²) in [5, 5.41) is 6.36. The molecule has 0 unspecified atom stereocenters. The Morgan fingerprint density at radius 1 is 1.56 bits per heavy atom. The van der Waals surface area contributed by atoms with Crippen molar-refractivity contribution < 1.29 is 18.5 Å². The first-order chi connectivity index (χ1) is 8.79. The number of methoxy groups -OCH3 is 1. The maximum atomic E-state index is 11.5. The molecule has 0 aromatic carbocycles. The Morgan fingerprint density at radius 3 is 3.17 bits per heavy atom. The number of ether oxygens (including phenoxy) is 1. The van der Waals surface area contributed by atoms with Crippen molar-refractivity contribution in [2.45, 2.75) is 13.0 Å². The van der Waals surface area contributed by atoms with Crippen molar-refractivity contribution in [1.82, 2.24) is 15.5 Å². The molecule has 96 valence electrons. The van der Waals surface area contributed by atoms with Crippen LogP contribution in [0, 0.1) is 0 Å². The van der Waals surface area contributed by atoms with Crippen LogP contribution in [0.3, 0.4) is 0 Å². The number of aromatic nitrogens is 2. The quantitative estimate of drug-likeness (QED) is 0.815. The smallest absolute Gasteiger partial charge is 0.287 e. The van der Waals surface area contributed by atoms with Crippen molar-refractivity contribution >= 4 is 5.91 Å². The Labute approximate surface area is 103 Å². The molecule has 0 saturated carbocycles. The maximum absolute atomic E-state index is 11.5. The molecule has 0 spiro atoms. The van der Waals surface area contributed by atoms with E-state index in [4.69, 9.17) is 13.7 Å². The summed E-state index contributed by atoms with van der Waals surface area (Å²) in [4.78, 5) is 15.6. The standard InChI is InChI=1S/C11H13N3O4/c1-16-6-4-10-13-9(14-18-10)7-12-11(15)8-3-2-5-17-8/h2-3,5H,4,6-7H2,1H3,(H,12,15). The zero-order valence-electron chi connectivity index (χ0n) is 9.88. The van der Waals surface area contributed by atoms with E-state index >= 15 is 0 Å². The van der Waals surface area contributed by atoms with Crippen LogP contribution >= 0.6 is 0 Å². The highest BCUT2D eigenvalue weighted by Crippen LogP contribution is 2.01. The predicted octanol–water partition coefficient (Wildman–Crippen LogP) is 0.781. The van der Waals surface area contributed by atoms with Gasteiger partial charge in [0.05, 0.1) is 25.8 Å². The highest BCUT2D eigenvalue weighted by molar-refractivity contribution is 5.91. The van der Waals surface area contributed by atoms with Crippen molar-refractivity contribution in [3.8, 4) is 0 Å². The van der Waals surface area contributed by atoms with E-state index in [0.717, 1.165) is 0 Å². The lowest BCUT2D eigenvalue weighted by atomic mass is 10.4. The minimum Gasteiger partial charge on any atom is -0.459 e. The number of hydrogen-bond donors (Lipinski definition) is 1. The molecule has 0 fully saturated rings. The van der Waals surface area contributed by atoms with Crippen molar-refractivity contribution in [3.63, 3.8) is 0 Å². The van der Waals surface area contributed by atoms with E-state index in [1.807, 2.05) is 0 Å². The van der Waals surface area contributed by atoms with E-state index < -0.39 is 0 Å². The van der Waals surface area contributed by atoms with Gasteiger partial charge < -0.3 is 19.0 Å². The first-order valence-electron chi connectivity index (χ1n) is 5.41. The van der Waals surface area contributed by atoms with Crippen LogP contribution in [0.5, 0.6) is 0 Å². The second kappa shape index (κ2) is 5.97. The topological polar surface area (TPSA) is 90.4 Å². The van der Waals surface area contributed by atoms with Crippen LogP contribution in [0.2, 0.25) is 0 Å². The fraction of sp³-hybridized carbons (Fsp3) is 0.364. The lowest BCUT2D eigenvalue weighted by molar-refractivity contribution is 0.0922. The van der Waals surface area contributed by atoms with Gasteiger partial charge in [-0.2, -0.15) is 4.98 Å². The molecular formula is C11H13N3O4. The van der Waals surface area contributed by atoms with E-state index in [9.17, 15) is 4.79 Å². The number of carbonyl (C=O) groups is 1. The number of hydrogen-bond acceptors (Lipinski definition) is 6. The number of carbonyl (C=O) groups excluding carboxylic acids is 1. The Morgan fingerprint density at radius 2 is 2.44 bits per heavy atom. The minimum atomic E-state index is -0.316. The Balaban J connectivity index is 1.83. The summed E-state index contributed by atoms with van der Waals surface area (Å²) in [6.45, 7) is 0.705. The van der Waals surface area contributed by atoms with E-state index in [0.29, 0.717) is 24.7 Å². The lowest BCUT2D eigenvalue weighted by Gasteiger charge is -1.97. The average molecular weight is 251 g/mol. The summed E-state index contributed by atoms with van der Waals surface area (Å²) < 4.78 is 14.8. The van der Waals surface area contributed by atoms with Crippen LogP contribution in [0.25, 0.3) is 0 Å². The van der Waals surface area contributed by atoms with Crippen LogP contribution in [-0.2, 0) is 17.7 Å². The molecule has 0 aliphatic carbocycles. The third-order valence-electron chi connectivity index (χ3n) is 2.18. The second-order valence-corrected chi connectivity index (χ2v) is 3.51. The molecule has 2 heterocycles. The predicted molar refractivity (Wildman–Crippen MR) is 59.8 cm³/mol. The molecule has 0 aliphatic rings. The van der Waals surface area contributed by atoms with Gasteiger partial charge in [0.2, 0.25) is 5.89 Å². The van der Waals surface area contributed by atoms with Crippen molar-refractivity contribution in [2.24, 2.45) is 0 Å². The Hall–Kier alpha value is -2.15. The third-order valence-corrected chi connectivity index (χ3v) is 2.18. The highest BCUT2D eigenvalue weighted by Gasteiger charge is 2.10. The summed E-state index contributed by atoms with van der Waals surface area (Å²) >= 11 is 0. The van der Waals surface area contributed by atoms with E-state index in [2.05, 4.69) is 15.5 Å². The summed E-state index contributed by atoms with van der Waals surface area (Å²) in [5.41, 5.74) is 0. The lowest BCUT2D eigenvalue weighted by Crippen LogP contribution is -2.22. The number of nitrogens with zero attached hydrogens (tertiary/aromatic N) is 2. The molecule has 2 aromatic heterocycles. The molecule has 0 atom stereocenters. The Bertz CT molecular complexity index is 492. The molecule has 2 aromatic rings. The van der Waals surface area contributed by atoms with Crippen LogP contribution in [-0.4, -0.2) is 29.8 Å². The largest absolute Gasteiger partial charge is 0.459 e. The van der Waals surface area contributed by atoms with Gasteiger partial charge in [-0.1, -0.05) is 5.16 Å². The zero-order chi connectivity index (χ0) is 12.8. The average Bonchev–Trinajstić information content (AvgIpc) is 3.04. The van der Waals surface area contributed by atoms with E-state index in [-0.39, 0.29) is 18.2 Å². The fourth-order valence-corrected chi connectivity index (χ4v) is 1.31. The van der Waals surface area contributed by atoms with Crippen LogP contribution in [0.4, 0.5) is 0 Å². The molecule has 18 heavy (non-hydrogen) atoms. The van der Waals surface area contributed by atoms with Crippen molar-refractivity contribution in [3.05, 3.63) is 35.9 Å². The molecule has 0 bridgehead atoms. The highest BCUT2D eigenvalue weighted by atomic mass is 16.5. The SMILES string of the molecule is COCCc1nc(CNC(=O)c2ccco2)no1. The second-order valence-electron chi connectivity index (χ2n) is 3.51. The van der Waals surface area contributed by atoms with Crippen LogP contribution < -0.4 is 5.32 Å². The molecular weight excluding hydrogens is 238 g/mol. The van der Waals surface area contributed by atoms with Crippen molar-refractivity contribution in [1.29, 1.82) is 0 Å². The van der Waals surface area contributed by atoms with Gasteiger partial charge in [0, 0.05) is 7.11 Å². The number of furan rings is 1. The zero-order valence-corrected chi connectivity index (χ0v) is 9.88. The van der Waals surface area contributed by atoms with Gasteiger partial charge in [-0.3, -0.25) is 4.79 Å². The third kappa shape index (κ3) is 3.17. The molecule has 0 saturated heterocycles. The molecule has 1 amide bonds. The van der Waals surface area contributed by atoms with Gasteiger partial charge in [0.15, 0.2) is 11.6 Å². The summed E-state index contributed by atoms with van der Waals surface area (Å²) in [6, 6.07) is 3.22. The van der Waals surface area contributed by atoms with Crippen molar-refractivity contribution in [2.75, 3.05) is 13.7 Å². The maximum Gasteiger partial charge on any atom is 0.287 e. The molecule has 7 heteroatoms.